The van der Waals surface area contributed by atoms with Gasteiger partial charge in [0.15, 0.2) is 6.61 Å². The predicted molar refractivity (Wildman–Crippen MR) is 63.9 cm³/mol. The van der Waals surface area contributed by atoms with Crippen molar-refractivity contribution < 1.29 is 14.3 Å². The molecule has 0 radical (unpaired) electrons. The third-order valence-corrected chi connectivity index (χ3v) is 2.55. The van der Waals surface area contributed by atoms with Gasteiger partial charge in [-0.25, -0.2) is 4.90 Å². The van der Waals surface area contributed by atoms with Crippen LogP contribution in [0.2, 0.25) is 0 Å². The number of rotatable bonds is 0. The lowest BCUT2D eigenvalue weighted by Gasteiger charge is -2.32. The lowest BCUT2D eigenvalue weighted by molar-refractivity contribution is -0.132. The molecule has 0 aliphatic carbocycles. The van der Waals surface area contributed by atoms with E-state index in [1.807, 2.05) is 6.07 Å². The van der Waals surface area contributed by atoms with Crippen LogP contribution < -0.4 is 9.64 Å². The molecule has 0 N–H and O–H groups in total. The molecule has 17 heavy (non-hydrogen) atoms. The zero-order valence-corrected chi connectivity index (χ0v) is 10.2. The summed E-state index contributed by atoms with van der Waals surface area (Å²) >= 11 is 0. The Morgan fingerprint density at radius 1 is 1.29 bits per heavy atom. The van der Waals surface area contributed by atoms with Crippen LogP contribution in [0.4, 0.5) is 5.69 Å². The van der Waals surface area contributed by atoms with Crippen molar-refractivity contribution in [2.45, 2.75) is 20.8 Å². The quantitative estimate of drug-likeness (QED) is 0.688. The van der Waals surface area contributed by atoms with Crippen LogP contribution in [-0.4, -0.2) is 18.4 Å². The van der Waals surface area contributed by atoms with E-state index in [2.05, 4.69) is 0 Å². The third kappa shape index (κ3) is 2.02. The Morgan fingerprint density at radius 2 is 1.94 bits per heavy atom. The number of ether oxygens (including phenoxy) is 1. The van der Waals surface area contributed by atoms with Gasteiger partial charge < -0.3 is 4.74 Å². The zero-order chi connectivity index (χ0) is 12.6. The molecule has 1 aliphatic rings. The van der Waals surface area contributed by atoms with E-state index >= 15 is 0 Å². The maximum Gasteiger partial charge on any atom is 0.271 e. The number of nitrogens with zero attached hydrogens (tertiary/aromatic N) is 1. The fraction of sp³-hybridized carbons (Fsp3) is 0.385. The summed E-state index contributed by atoms with van der Waals surface area (Å²) in [7, 11) is 0. The SMILES string of the molecule is CC(C)(C)C(=O)N1C(=O)COc2ccccc21. The summed E-state index contributed by atoms with van der Waals surface area (Å²) in [6, 6.07) is 7.07. The number of fused-ring (bicyclic) bond motifs is 1. The van der Waals surface area contributed by atoms with Gasteiger partial charge in [0.1, 0.15) is 5.75 Å². The Kier molecular flexibility index (Phi) is 2.65. The van der Waals surface area contributed by atoms with E-state index < -0.39 is 5.41 Å². The number of carbonyl (C=O) groups is 2. The maximum absolute atomic E-state index is 12.2. The molecule has 4 heteroatoms. The summed E-state index contributed by atoms with van der Waals surface area (Å²) in [4.78, 5) is 25.3. The van der Waals surface area contributed by atoms with Crippen LogP contribution in [0.25, 0.3) is 0 Å². The molecule has 90 valence electrons. The van der Waals surface area contributed by atoms with Gasteiger partial charge in [-0.15, -0.1) is 0 Å². The van der Waals surface area contributed by atoms with Crippen LogP contribution in [0.5, 0.6) is 5.75 Å². The highest BCUT2D eigenvalue weighted by molar-refractivity contribution is 6.18. The van der Waals surface area contributed by atoms with Gasteiger partial charge in [0.2, 0.25) is 5.91 Å². The van der Waals surface area contributed by atoms with E-state index in [-0.39, 0.29) is 18.4 Å². The van der Waals surface area contributed by atoms with Gasteiger partial charge in [-0.3, -0.25) is 9.59 Å². The number of hydrogen-bond donors (Lipinski definition) is 0. The molecule has 0 bridgehead atoms. The molecule has 2 amide bonds. The second-order valence-electron chi connectivity index (χ2n) is 5.04. The van der Waals surface area contributed by atoms with Crippen LogP contribution >= 0.6 is 0 Å². The molecule has 1 heterocycles. The van der Waals surface area contributed by atoms with Crippen molar-refractivity contribution in [1.29, 1.82) is 0 Å². The summed E-state index contributed by atoms with van der Waals surface area (Å²) in [6.45, 7) is 5.29. The molecule has 1 aromatic carbocycles. The highest BCUT2D eigenvalue weighted by Crippen LogP contribution is 2.34. The van der Waals surface area contributed by atoms with Crippen LogP contribution in [0.1, 0.15) is 20.8 Å². The van der Waals surface area contributed by atoms with Crippen molar-refractivity contribution in [2.24, 2.45) is 5.41 Å². The second kappa shape index (κ2) is 3.87. The second-order valence-corrected chi connectivity index (χ2v) is 5.04. The van der Waals surface area contributed by atoms with Crippen molar-refractivity contribution in [3.63, 3.8) is 0 Å². The molecule has 0 saturated carbocycles. The fourth-order valence-electron chi connectivity index (χ4n) is 1.66. The number of amides is 2. The van der Waals surface area contributed by atoms with E-state index in [4.69, 9.17) is 4.74 Å². The van der Waals surface area contributed by atoms with Gasteiger partial charge in [-0.2, -0.15) is 0 Å². The largest absolute Gasteiger partial charge is 0.482 e. The first-order chi connectivity index (χ1) is 7.91. The Labute approximate surface area is 100 Å². The van der Waals surface area contributed by atoms with Gasteiger partial charge in [-0.1, -0.05) is 32.9 Å². The minimum absolute atomic E-state index is 0.0845. The Bertz CT molecular complexity index is 474. The average molecular weight is 233 g/mol. The van der Waals surface area contributed by atoms with E-state index in [1.165, 1.54) is 4.90 Å². The smallest absolute Gasteiger partial charge is 0.271 e. The fourth-order valence-corrected chi connectivity index (χ4v) is 1.66. The highest BCUT2D eigenvalue weighted by Gasteiger charge is 2.36. The molecule has 1 aromatic rings. The minimum Gasteiger partial charge on any atom is -0.482 e. The standard InChI is InChI=1S/C13H15NO3/c1-13(2,3)12(16)14-9-6-4-5-7-10(9)17-8-11(14)15/h4-7H,8H2,1-3H3. The van der Waals surface area contributed by atoms with Crippen molar-refractivity contribution in [3.05, 3.63) is 24.3 Å². The summed E-state index contributed by atoms with van der Waals surface area (Å²) in [5, 5.41) is 0. The molecule has 4 nitrogen and oxygen atoms in total. The number of para-hydroxylation sites is 2. The average Bonchev–Trinajstić information content (AvgIpc) is 2.27. The van der Waals surface area contributed by atoms with Gasteiger partial charge >= 0.3 is 0 Å². The normalized spacial score (nSPS) is 15.2. The van der Waals surface area contributed by atoms with E-state index in [0.29, 0.717) is 11.4 Å². The maximum atomic E-state index is 12.2. The molecule has 0 spiro atoms. The van der Waals surface area contributed by atoms with Crippen molar-refractivity contribution in [3.8, 4) is 5.75 Å². The summed E-state index contributed by atoms with van der Waals surface area (Å²) in [5.41, 5.74) is -0.0659. The Hall–Kier alpha value is -1.84. The molecular formula is C13H15NO3. The third-order valence-electron chi connectivity index (χ3n) is 2.55. The first-order valence-electron chi connectivity index (χ1n) is 5.50. The molecular weight excluding hydrogens is 218 g/mol. The summed E-state index contributed by atoms with van der Waals surface area (Å²) in [6.07, 6.45) is 0. The topological polar surface area (TPSA) is 46.6 Å². The monoisotopic (exact) mass is 233 g/mol. The predicted octanol–water partition coefficient (Wildman–Crippen LogP) is 1.98. The summed E-state index contributed by atoms with van der Waals surface area (Å²) in [5.74, 6) is 0.0478. The van der Waals surface area contributed by atoms with Gasteiger partial charge in [0.25, 0.3) is 5.91 Å². The number of imide groups is 1. The lowest BCUT2D eigenvalue weighted by atomic mass is 9.94. The molecule has 2 rings (SSSR count). The molecule has 0 fully saturated rings. The number of carbonyl (C=O) groups excluding carboxylic acids is 2. The van der Waals surface area contributed by atoms with Crippen LogP contribution in [-0.2, 0) is 9.59 Å². The van der Waals surface area contributed by atoms with Crippen LogP contribution in [0.15, 0.2) is 24.3 Å². The van der Waals surface area contributed by atoms with E-state index in [1.54, 1.807) is 39.0 Å². The molecule has 0 aromatic heterocycles. The highest BCUT2D eigenvalue weighted by atomic mass is 16.5. The van der Waals surface area contributed by atoms with Crippen LogP contribution in [0.3, 0.4) is 0 Å². The zero-order valence-electron chi connectivity index (χ0n) is 10.2. The minimum atomic E-state index is -0.597. The van der Waals surface area contributed by atoms with E-state index in [9.17, 15) is 9.59 Å². The first kappa shape index (κ1) is 11.6. The Balaban J connectivity index is 2.47. The molecule has 0 saturated heterocycles. The van der Waals surface area contributed by atoms with Gasteiger partial charge in [-0.05, 0) is 12.1 Å². The van der Waals surface area contributed by atoms with Crippen molar-refractivity contribution in [2.75, 3.05) is 11.5 Å². The van der Waals surface area contributed by atoms with Gasteiger partial charge in [0, 0.05) is 5.41 Å². The summed E-state index contributed by atoms with van der Waals surface area (Å²) < 4.78 is 5.29. The van der Waals surface area contributed by atoms with E-state index in [0.717, 1.165) is 0 Å². The molecule has 0 unspecified atom stereocenters. The number of anilines is 1. The number of benzene rings is 1. The van der Waals surface area contributed by atoms with Gasteiger partial charge in [0.05, 0.1) is 5.69 Å². The molecule has 0 atom stereocenters. The first-order valence-corrected chi connectivity index (χ1v) is 5.50. The van der Waals surface area contributed by atoms with Crippen LogP contribution in [0, 0.1) is 5.41 Å². The molecule has 1 aliphatic heterocycles. The van der Waals surface area contributed by atoms with Crippen molar-refractivity contribution in [1.82, 2.24) is 0 Å². The number of hydrogen-bond acceptors (Lipinski definition) is 3. The lowest BCUT2D eigenvalue weighted by Crippen LogP contribution is -2.48. The Morgan fingerprint density at radius 3 is 2.59 bits per heavy atom. The van der Waals surface area contributed by atoms with Crippen molar-refractivity contribution >= 4 is 17.5 Å².